The van der Waals surface area contributed by atoms with Gasteiger partial charge in [-0.1, -0.05) is 6.07 Å². The Bertz CT molecular complexity index is 372. The molecule has 0 amide bonds. The zero-order valence-corrected chi connectivity index (χ0v) is 11.4. The first kappa shape index (κ1) is 11.9. The molecule has 1 unspecified atom stereocenters. The van der Waals surface area contributed by atoms with Crippen molar-refractivity contribution in [2.75, 3.05) is 20.2 Å². The zero-order valence-electron chi connectivity index (χ0n) is 9.85. The lowest BCUT2D eigenvalue weighted by atomic mass is 9.88. The van der Waals surface area contributed by atoms with Gasteiger partial charge >= 0.3 is 0 Å². The Morgan fingerprint density at radius 1 is 1.44 bits per heavy atom. The third-order valence-corrected chi connectivity index (χ3v) is 4.11. The van der Waals surface area contributed by atoms with Gasteiger partial charge in [-0.3, -0.25) is 0 Å². The summed E-state index contributed by atoms with van der Waals surface area (Å²) < 4.78 is 6.49. The Balaban J connectivity index is 2.37. The highest BCUT2D eigenvalue weighted by atomic mass is 79.9. The number of methoxy groups -OCH3 is 1. The fourth-order valence-electron chi connectivity index (χ4n) is 2.43. The van der Waals surface area contributed by atoms with Crippen LogP contribution in [0.4, 0.5) is 0 Å². The molecule has 1 aliphatic rings. The third-order valence-electron chi connectivity index (χ3n) is 3.29. The number of benzene rings is 1. The standard InChI is InChI=1S/C13H18BrNO/c1-9-5-6-11(16-2)13(14)12(9)10-4-3-7-15-8-10/h5-6,10,15H,3-4,7-8H2,1-2H3. The van der Waals surface area contributed by atoms with Gasteiger partial charge in [0.2, 0.25) is 0 Å². The maximum Gasteiger partial charge on any atom is 0.133 e. The van der Waals surface area contributed by atoms with Crippen molar-refractivity contribution in [3.8, 4) is 5.75 Å². The van der Waals surface area contributed by atoms with E-state index in [1.807, 2.05) is 6.07 Å². The van der Waals surface area contributed by atoms with Crippen LogP contribution >= 0.6 is 15.9 Å². The minimum atomic E-state index is 0.609. The van der Waals surface area contributed by atoms with Gasteiger partial charge in [0.1, 0.15) is 5.75 Å². The van der Waals surface area contributed by atoms with Crippen LogP contribution in [-0.2, 0) is 0 Å². The number of hydrogen-bond acceptors (Lipinski definition) is 2. The molecule has 0 bridgehead atoms. The van der Waals surface area contributed by atoms with Gasteiger partial charge in [0.15, 0.2) is 0 Å². The topological polar surface area (TPSA) is 21.3 Å². The molecule has 0 radical (unpaired) electrons. The highest BCUT2D eigenvalue weighted by molar-refractivity contribution is 9.10. The molecule has 16 heavy (non-hydrogen) atoms. The molecule has 2 nitrogen and oxygen atoms in total. The molecule has 1 heterocycles. The average molecular weight is 284 g/mol. The summed E-state index contributed by atoms with van der Waals surface area (Å²) in [7, 11) is 1.72. The lowest BCUT2D eigenvalue weighted by Gasteiger charge is -2.26. The van der Waals surface area contributed by atoms with Gasteiger partial charge < -0.3 is 10.1 Å². The van der Waals surface area contributed by atoms with Crippen LogP contribution in [0.2, 0.25) is 0 Å². The molecule has 88 valence electrons. The van der Waals surface area contributed by atoms with Crippen LogP contribution in [0.15, 0.2) is 16.6 Å². The van der Waals surface area contributed by atoms with Crippen molar-refractivity contribution in [2.24, 2.45) is 0 Å². The molecule has 1 atom stereocenters. The second-order valence-corrected chi connectivity index (χ2v) is 5.15. The highest BCUT2D eigenvalue weighted by Gasteiger charge is 2.21. The van der Waals surface area contributed by atoms with E-state index < -0.39 is 0 Å². The van der Waals surface area contributed by atoms with E-state index in [2.05, 4.69) is 34.2 Å². The quantitative estimate of drug-likeness (QED) is 0.900. The third kappa shape index (κ3) is 2.25. The van der Waals surface area contributed by atoms with Crippen molar-refractivity contribution >= 4 is 15.9 Å². The smallest absolute Gasteiger partial charge is 0.133 e. The lowest BCUT2D eigenvalue weighted by molar-refractivity contribution is 0.407. The van der Waals surface area contributed by atoms with Crippen LogP contribution in [0.3, 0.4) is 0 Å². The van der Waals surface area contributed by atoms with E-state index in [1.165, 1.54) is 24.0 Å². The van der Waals surface area contributed by atoms with E-state index >= 15 is 0 Å². The van der Waals surface area contributed by atoms with Crippen LogP contribution in [0.5, 0.6) is 5.75 Å². The molecule has 1 aromatic carbocycles. The molecular weight excluding hydrogens is 266 g/mol. The van der Waals surface area contributed by atoms with Crippen molar-refractivity contribution in [1.82, 2.24) is 5.32 Å². The Labute approximate surface area is 106 Å². The molecule has 0 spiro atoms. The Morgan fingerprint density at radius 2 is 2.25 bits per heavy atom. The number of nitrogens with one attached hydrogen (secondary N) is 1. The first-order valence-corrected chi connectivity index (χ1v) is 6.57. The van der Waals surface area contributed by atoms with Crippen molar-refractivity contribution < 1.29 is 4.74 Å². The predicted molar refractivity (Wildman–Crippen MR) is 70.3 cm³/mol. The van der Waals surface area contributed by atoms with Gasteiger partial charge in [0.25, 0.3) is 0 Å². The molecule has 2 rings (SSSR count). The van der Waals surface area contributed by atoms with Crippen molar-refractivity contribution in [2.45, 2.75) is 25.7 Å². The molecule has 1 fully saturated rings. The van der Waals surface area contributed by atoms with E-state index in [-0.39, 0.29) is 0 Å². The monoisotopic (exact) mass is 283 g/mol. The number of aryl methyl sites for hydroxylation is 1. The summed E-state index contributed by atoms with van der Waals surface area (Å²) in [6.45, 7) is 4.40. The van der Waals surface area contributed by atoms with Crippen LogP contribution in [-0.4, -0.2) is 20.2 Å². The first-order chi connectivity index (χ1) is 7.74. The molecule has 0 saturated carbocycles. The van der Waals surface area contributed by atoms with Gasteiger partial charge in [0, 0.05) is 6.54 Å². The van der Waals surface area contributed by atoms with Gasteiger partial charge in [0.05, 0.1) is 11.6 Å². The van der Waals surface area contributed by atoms with Gasteiger partial charge in [-0.25, -0.2) is 0 Å². The van der Waals surface area contributed by atoms with Gasteiger partial charge in [-0.2, -0.15) is 0 Å². The first-order valence-electron chi connectivity index (χ1n) is 5.77. The summed E-state index contributed by atoms with van der Waals surface area (Å²) >= 11 is 3.68. The molecule has 1 aromatic rings. The van der Waals surface area contributed by atoms with E-state index in [9.17, 15) is 0 Å². The molecule has 0 aliphatic carbocycles. The Hall–Kier alpha value is -0.540. The number of halogens is 1. The number of ether oxygens (including phenoxy) is 1. The van der Waals surface area contributed by atoms with Crippen LogP contribution in [0, 0.1) is 6.92 Å². The number of hydrogen-bond donors (Lipinski definition) is 1. The maximum atomic E-state index is 5.36. The van der Waals surface area contributed by atoms with E-state index in [4.69, 9.17) is 4.74 Å². The van der Waals surface area contributed by atoms with Crippen molar-refractivity contribution in [1.29, 1.82) is 0 Å². The largest absolute Gasteiger partial charge is 0.496 e. The average Bonchev–Trinajstić information content (AvgIpc) is 2.31. The molecule has 1 saturated heterocycles. The molecule has 1 aliphatic heterocycles. The zero-order chi connectivity index (χ0) is 11.5. The Morgan fingerprint density at radius 3 is 2.88 bits per heavy atom. The second kappa shape index (κ2) is 5.19. The van der Waals surface area contributed by atoms with Crippen LogP contribution in [0.1, 0.15) is 29.9 Å². The summed E-state index contributed by atoms with van der Waals surface area (Å²) in [5.41, 5.74) is 2.76. The predicted octanol–water partition coefficient (Wildman–Crippen LogP) is 3.23. The summed E-state index contributed by atoms with van der Waals surface area (Å²) in [6, 6.07) is 4.17. The van der Waals surface area contributed by atoms with Gasteiger partial charge in [-0.15, -0.1) is 0 Å². The number of piperidine rings is 1. The summed E-state index contributed by atoms with van der Waals surface area (Å²) in [6.07, 6.45) is 2.52. The SMILES string of the molecule is COc1ccc(C)c(C2CCCNC2)c1Br. The van der Waals surface area contributed by atoms with E-state index in [0.717, 1.165) is 23.3 Å². The molecular formula is C13H18BrNO. The summed E-state index contributed by atoms with van der Waals surface area (Å²) in [4.78, 5) is 0. The van der Waals surface area contributed by atoms with Gasteiger partial charge in [-0.05, 0) is 65.4 Å². The Kier molecular flexibility index (Phi) is 3.87. The van der Waals surface area contributed by atoms with E-state index in [1.54, 1.807) is 7.11 Å². The lowest BCUT2D eigenvalue weighted by Crippen LogP contribution is -2.29. The van der Waals surface area contributed by atoms with Crippen LogP contribution < -0.4 is 10.1 Å². The molecule has 1 N–H and O–H groups in total. The summed E-state index contributed by atoms with van der Waals surface area (Å²) in [5, 5.41) is 3.46. The van der Waals surface area contributed by atoms with E-state index in [0.29, 0.717) is 5.92 Å². The normalized spacial score (nSPS) is 20.8. The van der Waals surface area contributed by atoms with Crippen molar-refractivity contribution in [3.05, 3.63) is 27.7 Å². The molecule has 3 heteroatoms. The second-order valence-electron chi connectivity index (χ2n) is 4.36. The highest BCUT2D eigenvalue weighted by Crippen LogP contribution is 2.37. The minimum absolute atomic E-state index is 0.609. The van der Waals surface area contributed by atoms with Crippen molar-refractivity contribution in [3.63, 3.8) is 0 Å². The minimum Gasteiger partial charge on any atom is -0.496 e. The fraction of sp³-hybridized carbons (Fsp3) is 0.538. The molecule has 0 aromatic heterocycles. The van der Waals surface area contributed by atoms with Crippen LogP contribution in [0.25, 0.3) is 0 Å². The fourth-order valence-corrected chi connectivity index (χ4v) is 3.36. The number of rotatable bonds is 2. The summed E-state index contributed by atoms with van der Waals surface area (Å²) in [5.74, 6) is 1.55. The maximum absolute atomic E-state index is 5.36.